The second-order valence-electron chi connectivity index (χ2n) is 6.56. The Morgan fingerprint density at radius 3 is 2.62 bits per heavy atom. The first kappa shape index (κ1) is 17.9. The second-order valence-corrected chi connectivity index (χ2v) is 6.56. The maximum atomic E-state index is 12.5. The Bertz CT molecular complexity index is 922. The van der Waals surface area contributed by atoms with Crippen LogP contribution in [0.2, 0.25) is 0 Å². The van der Waals surface area contributed by atoms with Gasteiger partial charge in [-0.2, -0.15) is 10.2 Å². The van der Waals surface area contributed by atoms with Gasteiger partial charge < -0.3 is 5.32 Å². The van der Waals surface area contributed by atoms with Crippen molar-refractivity contribution in [3.05, 3.63) is 70.3 Å². The number of nitrogens with zero attached hydrogens (tertiary/aromatic N) is 4. The Morgan fingerprint density at radius 1 is 1.15 bits per heavy atom. The predicted molar refractivity (Wildman–Crippen MR) is 101 cm³/mol. The van der Waals surface area contributed by atoms with E-state index in [-0.39, 0.29) is 5.91 Å². The molecule has 0 radical (unpaired) electrons. The van der Waals surface area contributed by atoms with Gasteiger partial charge in [-0.15, -0.1) is 0 Å². The van der Waals surface area contributed by atoms with Gasteiger partial charge in [-0.3, -0.25) is 14.2 Å². The van der Waals surface area contributed by atoms with Crippen LogP contribution in [0.5, 0.6) is 0 Å². The van der Waals surface area contributed by atoms with Crippen LogP contribution < -0.4 is 5.32 Å². The normalized spacial score (nSPS) is 10.9. The number of hydrogen-bond donors (Lipinski definition) is 1. The van der Waals surface area contributed by atoms with Crippen LogP contribution in [-0.2, 0) is 19.6 Å². The van der Waals surface area contributed by atoms with Crippen molar-refractivity contribution in [2.75, 3.05) is 0 Å². The van der Waals surface area contributed by atoms with Crippen LogP contribution in [0.4, 0.5) is 0 Å². The molecular weight excluding hydrogens is 326 g/mol. The third kappa shape index (κ3) is 4.02. The fraction of sp³-hybridized carbons (Fsp3) is 0.350. The fourth-order valence-electron chi connectivity index (χ4n) is 2.99. The molecule has 3 aromatic rings. The highest BCUT2D eigenvalue weighted by atomic mass is 16.1. The summed E-state index contributed by atoms with van der Waals surface area (Å²) in [5.41, 5.74) is 5.81. The molecule has 136 valence electrons. The molecule has 6 nitrogen and oxygen atoms in total. The standard InChI is InChI=1S/C20H25N5O/c1-5-24-13-19(16(4)23-24)11-21-20(26)18-8-6-7-17(10-18)12-25-15(3)9-14(2)22-25/h6-10,13H,5,11-12H2,1-4H3,(H,21,26). The van der Waals surface area contributed by atoms with E-state index in [2.05, 4.69) is 21.6 Å². The molecule has 0 aliphatic rings. The number of benzene rings is 1. The molecule has 0 fully saturated rings. The lowest BCUT2D eigenvalue weighted by Gasteiger charge is -2.08. The quantitative estimate of drug-likeness (QED) is 0.742. The Hall–Kier alpha value is -2.89. The van der Waals surface area contributed by atoms with Crippen LogP contribution in [-0.4, -0.2) is 25.5 Å². The zero-order valence-corrected chi connectivity index (χ0v) is 15.8. The first-order chi connectivity index (χ1) is 12.5. The van der Waals surface area contributed by atoms with Gasteiger partial charge >= 0.3 is 0 Å². The molecule has 0 aliphatic heterocycles. The zero-order chi connectivity index (χ0) is 18.7. The first-order valence-electron chi connectivity index (χ1n) is 8.87. The average molecular weight is 351 g/mol. The minimum absolute atomic E-state index is 0.0798. The largest absolute Gasteiger partial charge is 0.348 e. The lowest BCUT2D eigenvalue weighted by molar-refractivity contribution is 0.0950. The van der Waals surface area contributed by atoms with Crippen LogP contribution in [0.3, 0.4) is 0 Å². The molecule has 0 bridgehead atoms. The number of carbonyl (C=O) groups excluding carboxylic acids is 1. The number of aromatic nitrogens is 4. The summed E-state index contributed by atoms with van der Waals surface area (Å²) >= 11 is 0. The molecule has 1 aromatic carbocycles. The molecule has 1 amide bonds. The van der Waals surface area contributed by atoms with E-state index in [0.717, 1.165) is 34.8 Å². The van der Waals surface area contributed by atoms with Crippen LogP contribution in [0.25, 0.3) is 0 Å². The van der Waals surface area contributed by atoms with Crippen molar-refractivity contribution >= 4 is 5.91 Å². The molecule has 2 heterocycles. The highest BCUT2D eigenvalue weighted by Crippen LogP contribution is 2.11. The molecule has 0 saturated heterocycles. The molecule has 6 heteroatoms. The maximum absolute atomic E-state index is 12.5. The monoisotopic (exact) mass is 351 g/mol. The number of carbonyl (C=O) groups is 1. The van der Waals surface area contributed by atoms with Gasteiger partial charge in [0.05, 0.1) is 17.9 Å². The van der Waals surface area contributed by atoms with Gasteiger partial charge in [-0.25, -0.2) is 0 Å². The molecule has 0 unspecified atom stereocenters. The van der Waals surface area contributed by atoms with E-state index < -0.39 is 0 Å². The summed E-state index contributed by atoms with van der Waals surface area (Å²) in [5.74, 6) is -0.0798. The van der Waals surface area contributed by atoms with Crippen molar-refractivity contribution in [1.29, 1.82) is 0 Å². The van der Waals surface area contributed by atoms with Gasteiger partial charge in [0.2, 0.25) is 0 Å². The number of aryl methyl sites for hydroxylation is 4. The highest BCUT2D eigenvalue weighted by Gasteiger charge is 2.10. The van der Waals surface area contributed by atoms with Crippen molar-refractivity contribution in [2.45, 2.75) is 47.3 Å². The van der Waals surface area contributed by atoms with E-state index in [9.17, 15) is 4.79 Å². The van der Waals surface area contributed by atoms with Crippen molar-refractivity contribution < 1.29 is 4.79 Å². The van der Waals surface area contributed by atoms with Gasteiger partial charge in [0.1, 0.15) is 0 Å². The van der Waals surface area contributed by atoms with Gasteiger partial charge in [-0.05, 0) is 51.5 Å². The molecule has 0 spiro atoms. The molecule has 3 rings (SSSR count). The number of rotatable bonds is 6. The fourth-order valence-corrected chi connectivity index (χ4v) is 2.99. The third-order valence-electron chi connectivity index (χ3n) is 4.44. The Kier molecular flexibility index (Phi) is 5.21. The van der Waals surface area contributed by atoms with Gasteiger partial charge in [0, 0.05) is 36.1 Å². The summed E-state index contributed by atoms with van der Waals surface area (Å²) < 4.78 is 3.83. The smallest absolute Gasteiger partial charge is 0.251 e. The highest BCUT2D eigenvalue weighted by molar-refractivity contribution is 5.94. The molecule has 1 N–H and O–H groups in total. The van der Waals surface area contributed by atoms with E-state index in [4.69, 9.17) is 0 Å². The topological polar surface area (TPSA) is 64.7 Å². The van der Waals surface area contributed by atoms with Crippen LogP contribution in [0.15, 0.2) is 36.5 Å². The summed E-state index contributed by atoms with van der Waals surface area (Å²) in [6, 6.07) is 9.74. The number of hydrogen-bond acceptors (Lipinski definition) is 3. The Morgan fingerprint density at radius 2 is 1.96 bits per heavy atom. The lowest BCUT2D eigenvalue weighted by Crippen LogP contribution is -2.23. The lowest BCUT2D eigenvalue weighted by atomic mass is 10.1. The minimum Gasteiger partial charge on any atom is -0.348 e. The average Bonchev–Trinajstić information content (AvgIpc) is 3.14. The minimum atomic E-state index is -0.0798. The second kappa shape index (κ2) is 7.56. The number of nitrogens with one attached hydrogen (secondary N) is 1. The molecule has 0 saturated carbocycles. The van der Waals surface area contributed by atoms with Crippen molar-refractivity contribution in [3.8, 4) is 0 Å². The summed E-state index contributed by atoms with van der Waals surface area (Å²) in [7, 11) is 0. The van der Waals surface area contributed by atoms with E-state index in [1.54, 1.807) is 0 Å². The molecule has 0 aliphatic carbocycles. The molecule has 26 heavy (non-hydrogen) atoms. The summed E-state index contributed by atoms with van der Waals surface area (Å²) in [6.45, 7) is 9.98. The SMILES string of the molecule is CCn1cc(CNC(=O)c2cccc(Cn3nc(C)cc3C)c2)c(C)n1. The first-order valence-corrected chi connectivity index (χ1v) is 8.87. The summed E-state index contributed by atoms with van der Waals surface area (Å²) in [4.78, 5) is 12.5. The number of amides is 1. The summed E-state index contributed by atoms with van der Waals surface area (Å²) in [5, 5.41) is 11.9. The maximum Gasteiger partial charge on any atom is 0.251 e. The summed E-state index contributed by atoms with van der Waals surface area (Å²) in [6.07, 6.45) is 1.98. The van der Waals surface area contributed by atoms with Crippen LogP contribution >= 0.6 is 0 Å². The third-order valence-corrected chi connectivity index (χ3v) is 4.44. The van der Waals surface area contributed by atoms with E-state index in [1.165, 1.54) is 0 Å². The van der Waals surface area contributed by atoms with Gasteiger partial charge in [0.25, 0.3) is 5.91 Å². The molecule has 2 aromatic heterocycles. The van der Waals surface area contributed by atoms with Gasteiger partial charge in [0.15, 0.2) is 0 Å². The van der Waals surface area contributed by atoms with E-state index in [1.807, 2.05) is 67.5 Å². The Labute approximate surface area is 153 Å². The van der Waals surface area contributed by atoms with Crippen molar-refractivity contribution in [3.63, 3.8) is 0 Å². The Balaban J connectivity index is 1.67. The van der Waals surface area contributed by atoms with E-state index >= 15 is 0 Å². The van der Waals surface area contributed by atoms with Crippen molar-refractivity contribution in [2.24, 2.45) is 0 Å². The van der Waals surface area contributed by atoms with Crippen LogP contribution in [0, 0.1) is 20.8 Å². The molecule has 0 atom stereocenters. The van der Waals surface area contributed by atoms with E-state index in [0.29, 0.717) is 18.7 Å². The zero-order valence-electron chi connectivity index (χ0n) is 15.8. The van der Waals surface area contributed by atoms with Gasteiger partial charge in [-0.1, -0.05) is 12.1 Å². The van der Waals surface area contributed by atoms with Crippen molar-refractivity contribution in [1.82, 2.24) is 24.9 Å². The molecular formula is C20H25N5O. The predicted octanol–water partition coefficient (Wildman–Crippen LogP) is 3.00. The van der Waals surface area contributed by atoms with Crippen LogP contribution in [0.1, 0.15) is 45.5 Å².